The topological polar surface area (TPSA) is 98.3 Å². The van der Waals surface area contributed by atoms with E-state index in [0.717, 1.165) is 5.56 Å². The summed E-state index contributed by atoms with van der Waals surface area (Å²) in [6.07, 6.45) is 1.97. The monoisotopic (exact) mass is 314 g/mol. The number of primary amides is 1. The number of aromatic nitrogens is 2. The van der Waals surface area contributed by atoms with E-state index in [9.17, 15) is 14.4 Å². The first-order valence-corrected chi connectivity index (χ1v) is 7.49. The molecule has 0 radical (unpaired) electrons. The van der Waals surface area contributed by atoms with Gasteiger partial charge in [-0.15, -0.1) is 0 Å². The Kier molecular flexibility index (Phi) is 3.85. The standard InChI is InChI=1S/C16H18N4O3/c1-10-3-2-4-12-14(10)18-9-20(16(12)23)8-13(21)19-6-5-11(7-19)15(17)22/h2-4,9,11H,5-8H2,1H3,(H2,17,22)/t11-/m1/s1. The Hall–Kier alpha value is -2.70. The molecule has 1 saturated heterocycles. The van der Waals surface area contributed by atoms with Gasteiger partial charge in [0.2, 0.25) is 11.8 Å². The van der Waals surface area contributed by atoms with Crippen LogP contribution in [0.25, 0.3) is 10.9 Å². The molecule has 0 spiro atoms. The zero-order chi connectivity index (χ0) is 16.6. The minimum Gasteiger partial charge on any atom is -0.369 e. The van der Waals surface area contributed by atoms with Gasteiger partial charge in [-0.3, -0.25) is 19.0 Å². The lowest BCUT2D eigenvalue weighted by Gasteiger charge is -2.16. The average Bonchev–Trinajstić information content (AvgIpc) is 3.01. The van der Waals surface area contributed by atoms with Crippen molar-refractivity contribution >= 4 is 22.7 Å². The minimum atomic E-state index is -0.389. The number of aryl methyl sites for hydroxylation is 1. The van der Waals surface area contributed by atoms with Crippen LogP contribution in [-0.2, 0) is 16.1 Å². The van der Waals surface area contributed by atoms with Gasteiger partial charge in [0, 0.05) is 13.1 Å². The third-order valence-corrected chi connectivity index (χ3v) is 4.30. The van der Waals surface area contributed by atoms with Crippen LogP contribution in [0.4, 0.5) is 0 Å². The predicted molar refractivity (Wildman–Crippen MR) is 84.6 cm³/mol. The summed E-state index contributed by atoms with van der Waals surface area (Å²) in [7, 11) is 0. The van der Waals surface area contributed by atoms with Crippen molar-refractivity contribution in [1.82, 2.24) is 14.5 Å². The lowest BCUT2D eigenvalue weighted by atomic mass is 10.1. The van der Waals surface area contributed by atoms with E-state index in [0.29, 0.717) is 30.4 Å². The summed E-state index contributed by atoms with van der Waals surface area (Å²) < 4.78 is 1.31. The molecule has 7 heteroatoms. The van der Waals surface area contributed by atoms with E-state index < -0.39 is 0 Å². The van der Waals surface area contributed by atoms with E-state index in [1.807, 2.05) is 13.0 Å². The first-order valence-electron chi connectivity index (χ1n) is 7.49. The molecule has 1 aliphatic heterocycles. The second kappa shape index (κ2) is 5.83. The van der Waals surface area contributed by atoms with E-state index in [1.165, 1.54) is 10.9 Å². The van der Waals surface area contributed by atoms with Crippen LogP contribution in [0.15, 0.2) is 29.3 Å². The van der Waals surface area contributed by atoms with Crippen molar-refractivity contribution in [3.63, 3.8) is 0 Å². The molecule has 1 atom stereocenters. The summed E-state index contributed by atoms with van der Waals surface area (Å²) in [5.74, 6) is -0.891. The van der Waals surface area contributed by atoms with Crippen molar-refractivity contribution in [3.05, 3.63) is 40.4 Å². The molecule has 0 bridgehead atoms. The van der Waals surface area contributed by atoms with Crippen molar-refractivity contribution in [1.29, 1.82) is 0 Å². The lowest BCUT2D eigenvalue weighted by molar-refractivity contribution is -0.131. The van der Waals surface area contributed by atoms with Crippen LogP contribution >= 0.6 is 0 Å². The van der Waals surface area contributed by atoms with Crippen LogP contribution in [0.3, 0.4) is 0 Å². The van der Waals surface area contributed by atoms with Crippen LogP contribution in [0.1, 0.15) is 12.0 Å². The summed E-state index contributed by atoms with van der Waals surface area (Å²) in [5.41, 5.74) is 6.60. The molecule has 2 N–H and O–H groups in total. The molecular weight excluding hydrogens is 296 g/mol. The van der Waals surface area contributed by atoms with Gasteiger partial charge in [-0.05, 0) is 25.0 Å². The molecule has 3 rings (SSSR count). The van der Waals surface area contributed by atoms with Crippen LogP contribution in [-0.4, -0.2) is 39.4 Å². The molecule has 2 aromatic rings. The fourth-order valence-corrected chi connectivity index (χ4v) is 2.91. The molecule has 120 valence electrons. The van der Waals surface area contributed by atoms with Crippen molar-refractivity contribution in [2.24, 2.45) is 11.7 Å². The van der Waals surface area contributed by atoms with Crippen LogP contribution < -0.4 is 11.3 Å². The Morgan fingerprint density at radius 1 is 1.39 bits per heavy atom. The highest BCUT2D eigenvalue weighted by atomic mass is 16.2. The summed E-state index contributed by atoms with van der Waals surface area (Å²) in [4.78, 5) is 41.8. The number of hydrogen-bond donors (Lipinski definition) is 1. The highest BCUT2D eigenvalue weighted by Gasteiger charge is 2.29. The molecule has 0 saturated carbocycles. The molecule has 1 aromatic heterocycles. The molecule has 1 aliphatic rings. The second-order valence-corrected chi connectivity index (χ2v) is 5.88. The summed E-state index contributed by atoms with van der Waals surface area (Å²) in [5, 5.41) is 0.497. The van der Waals surface area contributed by atoms with E-state index in [2.05, 4.69) is 4.98 Å². The van der Waals surface area contributed by atoms with Crippen LogP contribution in [0.5, 0.6) is 0 Å². The molecule has 2 amide bonds. The predicted octanol–water partition coefficient (Wildman–Crippen LogP) is 0.0387. The second-order valence-electron chi connectivity index (χ2n) is 5.88. The largest absolute Gasteiger partial charge is 0.369 e. The molecule has 1 fully saturated rings. The smallest absolute Gasteiger partial charge is 0.261 e. The zero-order valence-electron chi connectivity index (χ0n) is 12.9. The lowest BCUT2D eigenvalue weighted by Crippen LogP contribution is -2.36. The molecular formula is C16H18N4O3. The fourth-order valence-electron chi connectivity index (χ4n) is 2.91. The van der Waals surface area contributed by atoms with Gasteiger partial charge in [-0.25, -0.2) is 4.98 Å². The highest BCUT2D eigenvalue weighted by Crippen LogP contribution is 2.16. The number of benzene rings is 1. The van der Waals surface area contributed by atoms with Crippen molar-refractivity contribution in [2.45, 2.75) is 19.9 Å². The van der Waals surface area contributed by atoms with E-state index in [1.54, 1.807) is 17.0 Å². The number of carbonyl (C=O) groups excluding carboxylic acids is 2. The van der Waals surface area contributed by atoms with Gasteiger partial charge in [0.25, 0.3) is 5.56 Å². The number of nitrogens with zero attached hydrogens (tertiary/aromatic N) is 3. The fraction of sp³-hybridized carbons (Fsp3) is 0.375. The molecule has 2 heterocycles. The average molecular weight is 314 g/mol. The zero-order valence-corrected chi connectivity index (χ0v) is 12.9. The number of fused-ring (bicyclic) bond motifs is 1. The van der Waals surface area contributed by atoms with Crippen LogP contribution in [0, 0.1) is 12.8 Å². The van der Waals surface area contributed by atoms with Gasteiger partial charge >= 0.3 is 0 Å². The molecule has 0 unspecified atom stereocenters. The van der Waals surface area contributed by atoms with Crippen molar-refractivity contribution in [3.8, 4) is 0 Å². The Labute approximate surface area is 132 Å². The summed E-state index contributed by atoms with van der Waals surface area (Å²) in [6, 6.07) is 5.39. The van der Waals surface area contributed by atoms with E-state index in [-0.39, 0.29) is 29.8 Å². The van der Waals surface area contributed by atoms with Gasteiger partial charge in [0.15, 0.2) is 0 Å². The summed E-state index contributed by atoms with van der Waals surface area (Å²) in [6.45, 7) is 2.62. The number of nitrogens with two attached hydrogens (primary N) is 1. The van der Waals surface area contributed by atoms with Crippen molar-refractivity contribution < 1.29 is 9.59 Å². The maximum Gasteiger partial charge on any atom is 0.261 e. The molecule has 0 aliphatic carbocycles. The third kappa shape index (κ3) is 2.81. The number of para-hydroxylation sites is 1. The normalized spacial score (nSPS) is 17.6. The molecule has 23 heavy (non-hydrogen) atoms. The van der Waals surface area contributed by atoms with Crippen LogP contribution in [0.2, 0.25) is 0 Å². The maximum absolute atomic E-state index is 12.5. The number of carbonyl (C=O) groups is 2. The molecule has 1 aromatic carbocycles. The highest BCUT2D eigenvalue weighted by molar-refractivity contribution is 5.82. The van der Waals surface area contributed by atoms with Gasteiger partial charge in [-0.1, -0.05) is 12.1 Å². The molecule has 7 nitrogen and oxygen atoms in total. The van der Waals surface area contributed by atoms with Gasteiger partial charge < -0.3 is 10.6 Å². The van der Waals surface area contributed by atoms with Gasteiger partial charge in [0.1, 0.15) is 6.54 Å². The Bertz CT molecular complexity index is 843. The van der Waals surface area contributed by atoms with Gasteiger partial charge in [0.05, 0.1) is 23.1 Å². The number of hydrogen-bond acceptors (Lipinski definition) is 4. The third-order valence-electron chi connectivity index (χ3n) is 4.30. The Balaban J connectivity index is 1.82. The number of likely N-dealkylation sites (tertiary alicyclic amines) is 1. The number of amides is 2. The van der Waals surface area contributed by atoms with Crippen molar-refractivity contribution in [2.75, 3.05) is 13.1 Å². The Morgan fingerprint density at radius 2 is 2.17 bits per heavy atom. The minimum absolute atomic E-state index is 0.0821. The first kappa shape index (κ1) is 15.2. The SMILES string of the molecule is Cc1cccc2c(=O)n(CC(=O)N3CC[C@@H](C(N)=O)C3)cnc12. The number of rotatable bonds is 3. The summed E-state index contributed by atoms with van der Waals surface area (Å²) >= 11 is 0. The Morgan fingerprint density at radius 3 is 2.87 bits per heavy atom. The maximum atomic E-state index is 12.5. The van der Waals surface area contributed by atoms with E-state index >= 15 is 0 Å². The van der Waals surface area contributed by atoms with E-state index in [4.69, 9.17) is 5.73 Å². The quantitative estimate of drug-likeness (QED) is 0.864. The van der Waals surface area contributed by atoms with Gasteiger partial charge in [-0.2, -0.15) is 0 Å². The first-order chi connectivity index (χ1) is 11.0.